The Hall–Kier alpha value is -0.570. The Kier molecular flexibility index (Phi) is 3.29. The standard InChI is InChI=1S/C12H21NO2/c1-8-2-4-9(5-3-8)11(12(14)15)13-10-6-7-10/h8-11,13H,2-7H2,1H3,(H,14,15). The highest BCUT2D eigenvalue weighted by molar-refractivity contribution is 5.74. The van der Waals surface area contributed by atoms with Crippen molar-refractivity contribution in [3.8, 4) is 0 Å². The molecule has 0 bridgehead atoms. The number of carboxylic acids is 1. The smallest absolute Gasteiger partial charge is 0.320 e. The summed E-state index contributed by atoms with van der Waals surface area (Å²) in [6.45, 7) is 2.26. The summed E-state index contributed by atoms with van der Waals surface area (Å²) in [4.78, 5) is 11.2. The molecule has 2 rings (SSSR count). The van der Waals surface area contributed by atoms with Crippen LogP contribution in [0.3, 0.4) is 0 Å². The normalized spacial score (nSPS) is 33.7. The maximum atomic E-state index is 11.2. The van der Waals surface area contributed by atoms with Crippen molar-refractivity contribution in [2.24, 2.45) is 11.8 Å². The molecule has 0 spiro atoms. The second kappa shape index (κ2) is 4.52. The van der Waals surface area contributed by atoms with Crippen molar-refractivity contribution in [3.05, 3.63) is 0 Å². The van der Waals surface area contributed by atoms with Gasteiger partial charge in [-0.2, -0.15) is 0 Å². The third-order valence-electron chi connectivity index (χ3n) is 3.79. The van der Waals surface area contributed by atoms with Crippen LogP contribution >= 0.6 is 0 Å². The van der Waals surface area contributed by atoms with Crippen molar-refractivity contribution in [1.29, 1.82) is 0 Å². The minimum Gasteiger partial charge on any atom is -0.480 e. The molecule has 2 saturated carbocycles. The average molecular weight is 211 g/mol. The van der Waals surface area contributed by atoms with Crippen LogP contribution in [0.4, 0.5) is 0 Å². The van der Waals surface area contributed by atoms with Crippen LogP contribution in [-0.2, 0) is 4.79 Å². The first-order valence-electron chi connectivity index (χ1n) is 6.15. The zero-order chi connectivity index (χ0) is 10.8. The first-order chi connectivity index (χ1) is 7.16. The average Bonchev–Trinajstić information content (AvgIpc) is 2.99. The fraction of sp³-hybridized carbons (Fsp3) is 0.917. The Morgan fingerprint density at radius 1 is 1.20 bits per heavy atom. The van der Waals surface area contributed by atoms with Gasteiger partial charge >= 0.3 is 5.97 Å². The van der Waals surface area contributed by atoms with Crippen LogP contribution in [0.5, 0.6) is 0 Å². The summed E-state index contributed by atoms with van der Waals surface area (Å²) in [5.74, 6) is 0.498. The van der Waals surface area contributed by atoms with Gasteiger partial charge in [0.1, 0.15) is 6.04 Å². The molecule has 1 atom stereocenters. The quantitative estimate of drug-likeness (QED) is 0.748. The molecule has 0 radical (unpaired) electrons. The van der Waals surface area contributed by atoms with E-state index >= 15 is 0 Å². The molecular weight excluding hydrogens is 190 g/mol. The molecule has 0 heterocycles. The van der Waals surface area contributed by atoms with E-state index in [2.05, 4.69) is 12.2 Å². The van der Waals surface area contributed by atoms with Gasteiger partial charge in [-0.25, -0.2) is 0 Å². The fourth-order valence-corrected chi connectivity index (χ4v) is 2.53. The zero-order valence-corrected chi connectivity index (χ0v) is 9.41. The number of hydrogen-bond acceptors (Lipinski definition) is 2. The molecule has 2 aliphatic rings. The first kappa shape index (κ1) is 10.9. The molecule has 86 valence electrons. The Morgan fingerprint density at radius 3 is 2.27 bits per heavy atom. The summed E-state index contributed by atoms with van der Waals surface area (Å²) in [5.41, 5.74) is 0. The van der Waals surface area contributed by atoms with E-state index in [9.17, 15) is 9.90 Å². The predicted molar refractivity (Wildman–Crippen MR) is 58.7 cm³/mol. The molecule has 0 aromatic carbocycles. The van der Waals surface area contributed by atoms with Crippen molar-refractivity contribution in [3.63, 3.8) is 0 Å². The molecule has 3 heteroatoms. The molecule has 0 aromatic rings. The molecule has 0 amide bonds. The van der Waals surface area contributed by atoms with Crippen molar-refractivity contribution < 1.29 is 9.90 Å². The van der Waals surface area contributed by atoms with E-state index in [0.717, 1.165) is 31.6 Å². The summed E-state index contributed by atoms with van der Waals surface area (Å²) >= 11 is 0. The first-order valence-corrected chi connectivity index (χ1v) is 6.15. The van der Waals surface area contributed by atoms with Gasteiger partial charge in [-0.1, -0.05) is 19.8 Å². The van der Waals surface area contributed by atoms with Gasteiger partial charge in [0, 0.05) is 6.04 Å². The highest BCUT2D eigenvalue weighted by Crippen LogP contribution is 2.32. The van der Waals surface area contributed by atoms with Crippen LogP contribution in [-0.4, -0.2) is 23.2 Å². The number of aliphatic carboxylic acids is 1. The SMILES string of the molecule is CC1CCC(C(NC2CC2)C(=O)O)CC1. The molecule has 0 aromatic heterocycles. The van der Waals surface area contributed by atoms with Gasteiger partial charge in [0.25, 0.3) is 0 Å². The lowest BCUT2D eigenvalue weighted by Crippen LogP contribution is -2.45. The van der Waals surface area contributed by atoms with E-state index in [0.29, 0.717) is 12.0 Å². The predicted octanol–water partition coefficient (Wildman–Crippen LogP) is 2.02. The Labute approximate surface area is 91.2 Å². The fourth-order valence-electron chi connectivity index (χ4n) is 2.53. The number of hydrogen-bond donors (Lipinski definition) is 2. The van der Waals surface area contributed by atoms with E-state index in [4.69, 9.17) is 0 Å². The van der Waals surface area contributed by atoms with Crippen molar-refractivity contribution in [1.82, 2.24) is 5.32 Å². The lowest BCUT2D eigenvalue weighted by Gasteiger charge is -2.31. The summed E-state index contributed by atoms with van der Waals surface area (Å²) in [5, 5.41) is 12.5. The van der Waals surface area contributed by atoms with Crippen LogP contribution in [0, 0.1) is 11.8 Å². The molecule has 1 unspecified atom stereocenters. The monoisotopic (exact) mass is 211 g/mol. The van der Waals surface area contributed by atoms with Gasteiger partial charge in [0.05, 0.1) is 0 Å². The second-order valence-corrected chi connectivity index (χ2v) is 5.28. The highest BCUT2D eigenvalue weighted by atomic mass is 16.4. The van der Waals surface area contributed by atoms with Gasteiger partial charge in [0.15, 0.2) is 0 Å². The van der Waals surface area contributed by atoms with Crippen LogP contribution in [0.25, 0.3) is 0 Å². The molecular formula is C12H21NO2. The molecule has 0 aliphatic heterocycles. The van der Waals surface area contributed by atoms with Gasteiger partial charge in [-0.3, -0.25) is 4.79 Å². The lowest BCUT2D eigenvalue weighted by atomic mass is 9.79. The van der Waals surface area contributed by atoms with E-state index in [1.54, 1.807) is 0 Å². The molecule has 15 heavy (non-hydrogen) atoms. The molecule has 2 fully saturated rings. The van der Waals surface area contributed by atoms with Gasteiger partial charge in [-0.05, 0) is 37.5 Å². The number of rotatable bonds is 4. The Morgan fingerprint density at radius 2 is 1.80 bits per heavy atom. The van der Waals surface area contributed by atoms with Crippen molar-refractivity contribution >= 4 is 5.97 Å². The maximum absolute atomic E-state index is 11.2. The van der Waals surface area contributed by atoms with Crippen LogP contribution < -0.4 is 5.32 Å². The van der Waals surface area contributed by atoms with Crippen molar-refractivity contribution in [2.75, 3.05) is 0 Å². The molecule has 2 aliphatic carbocycles. The molecule has 0 saturated heterocycles. The van der Waals surface area contributed by atoms with E-state index in [1.807, 2.05) is 0 Å². The third-order valence-corrected chi connectivity index (χ3v) is 3.79. The van der Waals surface area contributed by atoms with Crippen LogP contribution in [0.1, 0.15) is 45.4 Å². The Balaban J connectivity index is 1.88. The highest BCUT2D eigenvalue weighted by Gasteiger charge is 2.35. The number of carboxylic acid groups (broad SMARTS) is 1. The number of nitrogens with one attached hydrogen (secondary N) is 1. The largest absolute Gasteiger partial charge is 0.480 e. The third kappa shape index (κ3) is 2.94. The van der Waals surface area contributed by atoms with Crippen molar-refractivity contribution in [2.45, 2.75) is 57.5 Å². The second-order valence-electron chi connectivity index (χ2n) is 5.28. The summed E-state index contributed by atoms with van der Waals surface area (Å²) in [6.07, 6.45) is 6.87. The minimum atomic E-state index is -0.651. The maximum Gasteiger partial charge on any atom is 0.320 e. The van der Waals surface area contributed by atoms with Gasteiger partial charge in [0.2, 0.25) is 0 Å². The lowest BCUT2D eigenvalue weighted by molar-refractivity contribution is -0.141. The van der Waals surface area contributed by atoms with E-state index < -0.39 is 5.97 Å². The van der Waals surface area contributed by atoms with E-state index in [-0.39, 0.29) is 6.04 Å². The van der Waals surface area contributed by atoms with Crippen LogP contribution in [0.15, 0.2) is 0 Å². The van der Waals surface area contributed by atoms with E-state index in [1.165, 1.54) is 12.8 Å². The summed E-state index contributed by atoms with van der Waals surface area (Å²) < 4.78 is 0. The van der Waals surface area contributed by atoms with Crippen LogP contribution in [0.2, 0.25) is 0 Å². The van der Waals surface area contributed by atoms with Gasteiger partial charge < -0.3 is 10.4 Å². The summed E-state index contributed by atoms with van der Waals surface area (Å²) in [7, 11) is 0. The van der Waals surface area contributed by atoms with Gasteiger partial charge in [-0.15, -0.1) is 0 Å². The minimum absolute atomic E-state index is 0.287. The molecule has 3 nitrogen and oxygen atoms in total. The summed E-state index contributed by atoms with van der Waals surface area (Å²) in [6, 6.07) is 0.204. The molecule has 2 N–H and O–H groups in total. The topological polar surface area (TPSA) is 49.3 Å². The number of carbonyl (C=O) groups is 1. The zero-order valence-electron chi connectivity index (χ0n) is 9.41. The Bertz CT molecular complexity index is 230.